The minimum Gasteiger partial charge on any atom is -0.481 e. The van der Waals surface area contributed by atoms with Crippen molar-refractivity contribution >= 4 is 5.97 Å². The Kier molecular flexibility index (Phi) is 5.47. The molecule has 19 heavy (non-hydrogen) atoms. The largest absolute Gasteiger partial charge is 0.481 e. The highest BCUT2D eigenvalue weighted by atomic mass is 16.4. The summed E-state index contributed by atoms with van der Waals surface area (Å²) >= 11 is 0. The maximum absolute atomic E-state index is 11.6. The Morgan fingerprint density at radius 2 is 1.89 bits per heavy atom. The third kappa shape index (κ3) is 4.90. The van der Waals surface area contributed by atoms with E-state index in [-0.39, 0.29) is 5.41 Å². The fraction of sp³-hybridized carbons (Fsp3) is 0.824. The molecule has 0 aliphatic heterocycles. The first-order valence-corrected chi connectivity index (χ1v) is 7.52. The van der Waals surface area contributed by atoms with Gasteiger partial charge in [0, 0.05) is 11.8 Å². The summed E-state index contributed by atoms with van der Waals surface area (Å²) in [6.45, 7) is 8.39. The van der Waals surface area contributed by atoms with Gasteiger partial charge in [-0.25, -0.2) is 0 Å². The summed E-state index contributed by atoms with van der Waals surface area (Å²) in [5, 5.41) is 9.57. The Morgan fingerprint density at radius 1 is 1.32 bits per heavy atom. The molecule has 1 aliphatic rings. The van der Waals surface area contributed by atoms with Crippen molar-refractivity contribution < 1.29 is 9.90 Å². The second kappa shape index (κ2) is 6.46. The number of hydrogen-bond acceptors (Lipinski definition) is 1. The minimum absolute atomic E-state index is 0.0426. The van der Waals surface area contributed by atoms with E-state index in [1.54, 1.807) is 0 Å². The van der Waals surface area contributed by atoms with Crippen LogP contribution in [0.2, 0.25) is 0 Å². The zero-order valence-corrected chi connectivity index (χ0v) is 12.9. The lowest BCUT2D eigenvalue weighted by Gasteiger charge is -2.35. The summed E-state index contributed by atoms with van der Waals surface area (Å²) in [5.41, 5.74) is -0.623. The second-order valence-electron chi connectivity index (χ2n) is 7.05. The molecule has 108 valence electrons. The van der Waals surface area contributed by atoms with Gasteiger partial charge in [-0.3, -0.25) is 4.79 Å². The van der Waals surface area contributed by atoms with Gasteiger partial charge in [0.05, 0.1) is 5.41 Å². The SMILES string of the molecule is CCCC1CCC(CC#CC(C)(C)C)(C(=O)O)CC1. The normalized spacial score (nSPS) is 27.5. The highest BCUT2D eigenvalue weighted by molar-refractivity contribution is 5.75. The third-order valence-electron chi connectivity index (χ3n) is 4.10. The number of hydrogen-bond donors (Lipinski definition) is 1. The quantitative estimate of drug-likeness (QED) is 0.760. The summed E-state index contributed by atoms with van der Waals surface area (Å²) < 4.78 is 0. The van der Waals surface area contributed by atoms with Gasteiger partial charge in [0.25, 0.3) is 0 Å². The van der Waals surface area contributed by atoms with Gasteiger partial charge >= 0.3 is 5.97 Å². The molecule has 0 atom stereocenters. The van der Waals surface area contributed by atoms with Crippen LogP contribution in [-0.4, -0.2) is 11.1 Å². The van der Waals surface area contributed by atoms with Crippen LogP contribution >= 0.6 is 0 Å². The Hall–Kier alpha value is -0.970. The summed E-state index contributed by atoms with van der Waals surface area (Å²) in [4.78, 5) is 11.6. The van der Waals surface area contributed by atoms with E-state index in [1.807, 2.05) is 0 Å². The Morgan fingerprint density at radius 3 is 2.32 bits per heavy atom. The van der Waals surface area contributed by atoms with Crippen LogP contribution in [0.15, 0.2) is 0 Å². The highest BCUT2D eigenvalue weighted by Gasteiger charge is 2.41. The van der Waals surface area contributed by atoms with E-state index in [1.165, 1.54) is 12.8 Å². The third-order valence-corrected chi connectivity index (χ3v) is 4.10. The van der Waals surface area contributed by atoms with Crippen molar-refractivity contribution in [3.8, 4) is 11.8 Å². The summed E-state index contributed by atoms with van der Waals surface area (Å²) in [6.07, 6.45) is 6.66. The van der Waals surface area contributed by atoms with Crippen molar-refractivity contribution in [3.63, 3.8) is 0 Å². The Labute approximate surface area is 118 Å². The molecule has 0 saturated heterocycles. The van der Waals surface area contributed by atoms with Crippen molar-refractivity contribution in [2.75, 3.05) is 0 Å². The second-order valence-corrected chi connectivity index (χ2v) is 7.05. The maximum atomic E-state index is 11.6. The van der Waals surface area contributed by atoms with Crippen LogP contribution in [0.3, 0.4) is 0 Å². The molecular formula is C17H28O2. The predicted molar refractivity (Wildman–Crippen MR) is 78.8 cm³/mol. The standard InChI is InChI=1S/C17H28O2/c1-5-7-14-8-12-17(13-9-14,15(18)19)11-6-10-16(2,3)4/h14H,5,7-9,11-13H2,1-4H3,(H,18,19). The molecule has 2 heteroatoms. The average molecular weight is 264 g/mol. The molecular weight excluding hydrogens is 236 g/mol. The van der Waals surface area contributed by atoms with E-state index >= 15 is 0 Å². The first-order chi connectivity index (χ1) is 8.79. The monoisotopic (exact) mass is 264 g/mol. The topological polar surface area (TPSA) is 37.3 Å². The van der Waals surface area contributed by atoms with Crippen molar-refractivity contribution in [2.24, 2.45) is 16.7 Å². The maximum Gasteiger partial charge on any atom is 0.310 e. The van der Waals surface area contributed by atoms with Crippen LogP contribution < -0.4 is 0 Å². The first kappa shape index (κ1) is 16.1. The molecule has 1 aliphatic carbocycles. The fourth-order valence-corrected chi connectivity index (χ4v) is 2.87. The van der Waals surface area contributed by atoms with Gasteiger partial charge in [-0.05, 0) is 52.4 Å². The van der Waals surface area contributed by atoms with Crippen LogP contribution in [-0.2, 0) is 4.79 Å². The smallest absolute Gasteiger partial charge is 0.310 e. The van der Waals surface area contributed by atoms with Crippen molar-refractivity contribution in [1.29, 1.82) is 0 Å². The van der Waals surface area contributed by atoms with E-state index in [2.05, 4.69) is 39.5 Å². The van der Waals surface area contributed by atoms with Crippen LogP contribution in [0.5, 0.6) is 0 Å². The van der Waals surface area contributed by atoms with Crippen molar-refractivity contribution in [3.05, 3.63) is 0 Å². The van der Waals surface area contributed by atoms with E-state index in [0.717, 1.165) is 31.6 Å². The summed E-state index contributed by atoms with van der Waals surface area (Å²) in [6, 6.07) is 0. The zero-order valence-electron chi connectivity index (χ0n) is 12.9. The van der Waals surface area contributed by atoms with Gasteiger partial charge < -0.3 is 5.11 Å². The highest BCUT2D eigenvalue weighted by Crippen LogP contribution is 2.43. The van der Waals surface area contributed by atoms with E-state index in [4.69, 9.17) is 0 Å². The molecule has 0 unspecified atom stereocenters. The van der Waals surface area contributed by atoms with Crippen molar-refractivity contribution in [2.45, 2.75) is 72.6 Å². The zero-order chi connectivity index (χ0) is 14.5. The van der Waals surface area contributed by atoms with Crippen LogP contribution in [0.1, 0.15) is 72.6 Å². The lowest BCUT2D eigenvalue weighted by molar-refractivity contribution is -0.151. The molecule has 0 heterocycles. The number of rotatable bonds is 4. The molecule has 1 fully saturated rings. The molecule has 1 rings (SSSR count). The molecule has 1 saturated carbocycles. The first-order valence-electron chi connectivity index (χ1n) is 7.52. The Balaban J connectivity index is 2.67. The van der Waals surface area contributed by atoms with Gasteiger partial charge in [-0.2, -0.15) is 0 Å². The molecule has 0 aromatic rings. The summed E-state index contributed by atoms with van der Waals surface area (Å²) in [7, 11) is 0. The van der Waals surface area contributed by atoms with Gasteiger partial charge in [-0.15, -0.1) is 5.92 Å². The lowest BCUT2D eigenvalue weighted by Crippen LogP contribution is -2.35. The van der Waals surface area contributed by atoms with E-state index in [9.17, 15) is 9.90 Å². The molecule has 0 radical (unpaired) electrons. The van der Waals surface area contributed by atoms with Crippen LogP contribution in [0.25, 0.3) is 0 Å². The average Bonchev–Trinajstić information content (AvgIpc) is 2.30. The number of carboxylic acid groups (broad SMARTS) is 1. The molecule has 0 spiro atoms. The molecule has 0 amide bonds. The van der Waals surface area contributed by atoms with Gasteiger partial charge in [-0.1, -0.05) is 25.7 Å². The van der Waals surface area contributed by atoms with Crippen molar-refractivity contribution in [1.82, 2.24) is 0 Å². The van der Waals surface area contributed by atoms with Crippen LogP contribution in [0, 0.1) is 28.6 Å². The summed E-state index contributed by atoms with van der Waals surface area (Å²) in [5.74, 6) is 6.39. The molecule has 0 bridgehead atoms. The van der Waals surface area contributed by atoms with E-state index in [0.29, 0.717) is 6.42 Å². The molecule has 0 aromatic carbocycles. The number of carboxylic acids is 1. The fourth-order valence-electron chi connectivity index (χ4n) is 2.87. The molecule has 2 nitrogen and oxygen atoms in total. The lowest BCUT2D eigenvalue weighted by atomic mass is 9.68. The van der Waals surface area contributed by atoms with E-state index < -0.39 is 11.4 Å². The number of aliphatic carboxylic acids is 1. The molecule has 1 N–H and O–H groups in total. The minimum atomic E-state index is -0.648. The Bertz CT molecular complexity index is 357. The molecule has 0 aromatic heterocycles. The van der Waals surface area contributed by atoms with Gasteiger partial charge in [0.2, 0.25) is 0 Å². The van der Waals surface area contributed by atoms with Gasteiger partial charge in [0.1, 0.15) is 0 Å². The number of carbonyl (C=O) groups is 1. The van der Waals surface area contributed by atoms with Crippen LogP contribution in [0.4, 0.5) is 0 Å². The van der Waals surface area contributed by atoms with Gasteiger partial charge in [0.15, 0.2) is 0 Å². The predicted octanol–water partition coefficient (Wildman–Crippen LogP) is 4.49.